The van der Waals surface area contributed by atoms with Crippen molar-refractivity contribution in [3.8, 4) is 0 Å². The second kappa shape index (κ2) is 8.28. The van der Waals surface area contributed by atoms with Crippen LogP contribution in [0.4, 0.5) is 0 Å². The van der Waals surface area contributed by atoms with Gasteiger partial charge in [0.15, 0.2) is 0 Å². The number of amides is 1. The molecule has 2 atom stereocenters. The fraction of sp³-hybridized carbons (Fsp3) is 0.667. The molecule has 0 heterocycles. The first kappa shape index (κ1) is 21.2. The Morgan fingerprint density at radius 3 is 2.35 bits per heavy atom. The van der Waals surface area contributed by atoms with Gasteiger partial charge in [-0.05, 0) is 44.1 Å². The predicted molar refractivity (Wildman–Crippen MR) is 108 cm³/mol. The molecule has 0 saturated heterocycles. The molecule has 146 valence electrons. The molecule has 0 aromatic heterocycles. The average molecular weight is 381 g/mol. The Kier molecular flexibility index (Phi) is 6.75. The van der Waals surface area contributed by atoms with Crippen molar-refractivity contribution in [2.75, 3.05) is 6.61 Å². The molecule has 4 nitrogen and oxygen atoms in total. The summed E-state index contributed by atoms with van der Waals surface area (Å²) in [6, 6.07) is 10.9. The smallest absolute Gasteiger partial charge is 0.241 e. The highest BCUT2D eigenvalue weighted by Crippen LogP contribution is 2.50. The van der Waals surface area contributed by atoms with E-state index in [0.29, 0.717) is 18.9 Å². The van der Waals surface area contributed by atoms with E-state index in [1.807, 2.05) is 20.8 Å². The third-order valence-electron chi connectivity index (χ3n) is 6.57. The van der Waals surface area contributed by atoms with Crippen LogP contribution in [0.5, 0.6) is 0 Å². The number of carbonyl (C=O) groups is 1. The molecule has 2 unspecified atom stereocenters. The van der Waals surface area contributed by atoms with Crippen molar-refractivity contribution in [1.29, 1.82) is 0 Å². The molecule has 2 aliphatic rings. The Balaban J connectivity index is 0.00000243. The highest BCUT2D eigenvalue weighted by Gasteiger charge is 2.63. The number of halogens is 1. The fourth-order valence-electron chi connectivity index (χ4n) is 4.43. The number of hydrogen-bond donors (Lipinski definition) is 2. The summed E-state index contributed by atoms with van der Waals surface area (Å²) in [5.74, 6) is 0.611. The minimum atomic E-state index is -0.816. The van der Waals surface area contributed by atoms with E-state index in [-0.39, 0.29) is 35.9 Å². The third-order valence-corrected chi connectivity index (χ3v) is 6.57. The minimum absolute atomic E-state index is 0. The van der Waals surface area contributed by atoms with Crippen molar-refractivity contribution < 1.29 is 9.53 Å². The molecule has 2 fully saturated rings. The quantitative estimate of drug-likeness (QED) is 0.816. The summed E-state index contributed by atoms with van der Waals surface area (Å²) >= 11 is 0. The lowest BCUT2D eigenvalue weighted by molar-refractivity contribution is -0.171. The van der Waals surface area contributed by atoms with E-state index in [0.717, 1.165) is 25.7 Å². The van der Waals surface area contributed by atoms with Crippen LogP contribution in [0.25, 0.3) is 0 Å². The zero-order chi connectivity index (χ0) is 18.1. The Bertz CT molecular complexity index is 599. The van der Waals surface area contributed by atoms with Gasteiger partial charge in [-0.15, -0.1) is 12.4 Å². The lowest BCUT2D eigenvalue weighted by Crippen LogP contribution is -2.76. The maximum atomic E-state index is 12.8. The van der Waals surface area contributed by atoms with E-state index < -0.39 is 5.54 Å². The molecule has 5 heteroatoms. The van der Waals surface area contributed by atoms with Gasteiger partial charge < -0.3 is 15.8 Å². The van der Waals surface area contributed by atoms with Crippen molar-refractivity contribution in [1.82, 2.24) is 5.32 Å². The van der Waals surface area contributed by atoms with Crippen LogP contribution >= 0.6 is 12.4 Å². The Morgan fingerprint density at radius 2 is 1.81 bits per heavy atom. The summed E-state index contributed by atoms with van der Waals surface area (Å²) in [7, 11) is 0. The van der Waals surface area contributed by atoms with Gasteiger partial charge in [0, 0.05) is 24.5 Å². The van der Waals surface area contributed by atoms with E-state index in [4.69, 9.17) is 10.5 Å². The highest BCUT2D eigenvalue weighted by atomic mass is 35.5. The number of hydrogen-bond acceptors (Lipinski definition) is 3. The number of carbonyl (C=O) groups excluding carboxylic acids is 1. The van der Waals surface area contributed by atoms with E-state index in [2.05, 4.69) is 35.6 Å². The first-order chi connectivity index (χ1) is 11.9. The van der Waals surface area contributed by atoms with Gasteiger partial charge in [0.2, 0.25) is 5.91 Å². The fourth-order valence-corrected chi connectivity index (χ4v) is 4.43. The van der Waals surface area contributed by atoms with Crippen LogP contribution < -0.4 is 11.1 Å². The number of ether oxygens (including phenoxy) is 1. The summed E-state index contributed by atoms with van der Waals surface area (Å²) in [4.78, 5) is 12.8. The molecule has 3 N–H and O–H groups in total. The van der Waals surface area contributed by atoms with E-state index in [1.165, 1.54) is 5.56 Å². The third kappa shape index (κ3) is 3.78. The van der Waals surface area contributed by atoms with Gasteiger partial charge in [0.25, 0.3) is 0 Å². The Labute approximate surface area is 163 Å². The zero-order valence-corrected chi connectivity index (χ0v) is 17.0. The number of nitrogens with two attached hydrogens (primary N) is 1. The van der Waals surface area contributed by atoms with Gasteiger partial charge >= 0.3 is 0 Å². The lowest BCUT2D eigenvalue weighted by atomic mass is 9.54. The van der Waals surface area contributed by atoms with Gasteiger partial charge in [-0.1, -0.05) is 44.2 Å². The Morgan fingerprint density at radius 1 is 1.19 bits per heavy atom. The number of rotatable bonds is 5. The lowest BCUT2D eigenvalue weighted by Gasteiger charge is -2.57. The van der Waals surface area contributed by atoms with Gasteiger partial charge in [-0.2, -0.15) is 0 Å². The number of benzene rings is 1. The molecule has 2 aliphatic carbocycles. The summed E-state index contributed by atoms with van der Waals surface area (Å²) in [6.45, 7) is 6.73. The molecule has 0 spiro atoms. The van der Waals surface area contributed by atoms with Crippen LogP contribution in [0.2, 0.25) is 0 Å². The molecule has 0 aliphatic heterocycles. The van der Waals surface area contributed by atoms with E-state index >= 15 is 0 Å². The maximum absolute atomic E-state index is 12.8. The second-order valence-corrected chi connectivity index (χ2v) is 8.27. The van der Waals surface area contributed by atoms with Gasteiger partial charge in [0.05, 0.1) is 6.10 Å². The normalized spacial score (nSPS) is 32.8. The van der Waals surface area contributed by atoms with Crippen LogP contribution in [-0.2, 0) is 9.53 Å². The van der Waals surface area contributed by atoms with Crippen molar-refractivity contribution in [2.45, 2.75) is 76.5 Å². The Hall–Kier alpha value is -1.10. The first-order valence-corrected chi connectivity index (χ1v) is 9.65. The standard InChI is InChI=1S/C21H32N2O2.ClH/c1-4-25-18-14-21(22,20(18,2)3)19(24)23-17-12-10-16(11-13-17)15-8-6-5-7-9-15;/h5-9,16-18H,4,10-14,22H2,1-3H3,(H,23,24);1H. The molecule has 0 bridgehead atoms. The largest absolute Gasteiger partial charge is 0.378 e. The van der Waals surface area contributed by atoms with E-state index in [9.17, 15) is 4.79 Å². The van der Waals surface area contributed by atoms with Crippen LogP contribution in [0.1, 0.15) is 64.4 Å². The topological polar surface area (TPSA) is 64.3 Å². The maximum Gasteiger partial charge on any atom is 0.241 e. The molecule has 2 saturated carbocycles. The molecule has 0 radical (unpaired) electrons. The summed E-state index contributed by atoms with van der Waals surface area (Å²) in [5.41, 5.74) is 6.77. The second-order valence-electron chi connectivity index (χ2n) is 8.27. The van der Waals surface area contributed by atoms with Crippen LogP contribution in [0.3, 0.4) is 0 Å². The summed E-state index contributed by atoms with van der Waals surface area (Å²) in [5, 5.41) is 3.23. The molecule has 1 aromatic carbocycles. The molecular weight excluding hydrogens is 348 g/mol. The molecule has 1 aromatic rings. The highest BCUT2D eigenvalue weighted by molar-refractivity contribution is 5.89. The van der Waals surface area contributed by atoms with Gasteiger partial charge in [0.1, 0.15) is 5.54 Å². The average Bonchev–Trinajstić information content (AvgIpc) is 2.62. The van der Waals surface area contributed by atoms with Gasteiger partial charge in [-0.25, -0.2) is 0 Å². The predicted octanol–water partition coefficient (Wildman–Crippen LogP) is 3.78. The van der Waals surface area contributed by atoms with Crippen molar-refractivity contribution in [3.63, 3.8) is 0 Å². The minimum Gasteiger partial charge on any atom is -0.378 e. The molecule has 26 heavy (non-hydrogen) atoms. The van der Waals surface area contributed by atoms with Crippen molar-refractivity contribution in [3.05, 3.63) is 35.9 Å². The van der Waals surface area contributed by atoms with E-state index in [1.54, 1.807) is 0 Å². The van der Waals surface area contributed by atoms with Crippen molar-refractivity contribution in [2.24, 2.45) is 11.1 Å². The van der Waals surface area contributed by atoms with Crippen LogP contribution in [-0.4, -0.2) is 30.2 Å². The molecule has 1 amide bonds. The van der Waals surface area contributed by atoms with Crippen LogP contribution in [0.15, 0.2) is 30.3 Å². The SMILES string of the molecule is CCOC1CC(N)(C(=O)NC2CCC(c3ccccc3)CC2)C1(C)C.Cl. The molecular formula is C21H33ClN2O2. The zero-order valence-electron chi connectivity index (χ0n) is 16.2. The summed E-state index contributed by atoms with van der Waals surface area (Å²) < 4.78 is 5.73. The van der Waals surface area contributed by atoms with Gasteiger partial charge in [-0.3, -0.25) is 4.79 Å². The number of nitrogens with one attached hydrogen (secondary N) is 1. The molecule has 3 rings (SSSR count). The first-order valence-electron chi connectivity index (χ1n) is 9.65. The monoisotopic (exact) mass is 380 g/mol. The van der Waals surface area contributed by atoms with Crippen molar-refractivity contribution >= 4 is 18.3 Å². The summed E-state index contributed by atoms with van der Waals surface area (Å²) in [6.07, 6.45) is 4.98. The van der Waals surface area contributed by atoms with Crippen LogP contribution in [0, 0.1) is 5.41 Å².